The lowest BCUT2D eigenvalue weighted by molar-refractivity contribution is -0.124. The standard InChI is InChI=1S/C19H17BrN2O2/c20-15-5-3-6-16(11-15)22-12-14(10-18(22)23)19(24)21-9-8-13-4-1-2-7-17(13)21/h1-7,11,14H,8-10,12H2. The first-order chi connectivity index (χ1) is 11.6. The Kier molecular flexibility index (Phi) is 3.88. The van der Waals surface area contributed by atoms with Crippen LogP contribution < -0.4 is 9.80 Å². The molecule has 1 atom stereocenters. The molecule has 0 saturated carbocycles. The predicted molar refractivity (Wildman–Crippen MR) is 97.1 cm³/mol. The van der Waals surface area contributed by atoms with Gasteiger partial charge in [0.1, 0.15) is 0 Å². The zero-order valence-electron chi connectivity index (χ0n) is 13.1. The van der Waals surface area contributed by atoms with E-state index in [1.54, 1.807) is 4.90 Å². The van der Waals surface area contributed by atoms with E-state index < -0.39 is 0 Å². The number of benzene rings is 2. The van der Waals surface area contributed by atoms with E-state index in [1.165, 1.54) is 5.56 Å². The molecule has 1 fully saturated rings. The average molecular weight is 385 g/mol. The Hall–Kier alpha value is -2.14. The van der Waals surface area contributed by atoms with E-state index in [9.17, 15) is 9.59 Å². The fourth-order valence-electron chi connectivity index (χ4n) is 3.55. The second kappa shape index (κ2) is 6.06. The number of fused-ring (bicyclic) bond motifs is 1. The molecule has 4 nitrogen and oxygen atoms in total. The lowest BCUT2D eigenvalue weighted by atomic mass is 10.1. The molecule has 1 saturated heterocycles. The van der Waals surface area contributed by atoms with Gasteiger partial charge in [0.25, 0.3) is 0 Å². The summed E-state index contributed by atoms with van der Waals surface area (Å²) in [4.78, 5) is 28.9. The van der Waals surface area contributed by atoms with Crippen LogP contribution in [0.2, 0.25) is 0 Å². The summed E-state index contributed by atoms with van der Waals surface area (Å²) in [6.07, 6.45) is 1.17. The summed E-state index contributed by atoms with van der Waals surface area (Å²) in [5, 5.41) is 0. The van der Waals surface area contributed by atoms with Gasteiger partial charge in [0.15, 0.2) is 0 Å². The molecule has 0 bridgehead atoms. The Morgan fingerprint density at radius 3 is 2.79 bits per heavy atom. The number of hydrogen-bond acceptors (Lipinski definition) is 2. The lowest BCUT2D eigenvalue weighted by Crippen LogP contribution is -2.36. The summed E-state index contributed by atoms with van der Waals surface area (Å²) in [5.74, 6) is -0.202. The molecular weight excluding hydrogens is 368 g/mol. The minimum atomic E-state index is -0.275. The van der Waals surface area contributed by atoms with Crippen LogP contribution in [-0.4, -0.2) is 24.9 Å². The fourth-order valence-corrected chi connectivity index (χ4v) is 3.94. The van der Waals surface area contributed by atoms with Crippen LogP contribution in [-0.2, 0) is 16.0 Å². The normalized spacial score (nSPS) is 19.7. The number of anilines is 2. The number of halogens is 1. The lowest BCUT2D eigenvalue weighted by Gasteiger charge is -2.21. The minimum Gasteiger partial charge on any atom is -0.312 e. The molecule has 0 radical (unpaired) electrons. The third-order valence-electron chi connectivity index (χ3n) is 4.75. The van der Waals surface area contributed by atoms with Crippen LogP contribution in [0.1, 0.15) is 12.0 Å². The maximum absolute atomic E-state index is 12.9. The van der Waals surface area contributed by atoms with Gasteiger partial charge in [-0.3, -0.25) is 9.59 Å². The van der Waals surface area contributed by atoms with Crippen LogP contribution in [0.4, 0.5) is 11.4 Å². The van der Waals surface area contributed by atoms with Crippen molar-refractivity contribution in [1.82, 2.24) is 0 Å². The minimum absolute atomic E-state index is 0.0129. The summed E-state index contributed by atoms with van der Waals surface area (Å²) < 4.78 is 0.927. The van der Waals surface area contributed by atoms with Crippen LogP contribution in [0.25, 0.3) is 0 Å². The highest BCUT2D eigenvalue weighted by molar-refractivity contribution is 9.10. The number of carbonyl (C=O) groups excluding carboxylic acids is 2. The van der Waals surface area contributed by atoms with Crippen molar-refractivity contribution in [3.8, 4) is 0 Å². The zero-order chi connectivity index (χ0) is 16.7. The van der Waals surface area contributed by atoms with E-state index in [4.69, 9.17) is 0 Å². The van der Waals surface area contributed by atoms with Gasteiger partial charge in [-0.1, -0.05) is 40.2 Å². The third-order valence-corrected chi connectivity index (χ3v) is 5.24. The van der Waals surface area contributed by atoms with Crippen molar-refractivity contribution in [2.75, 3.05) is 22.9 Å². The number of amides is 2. The van der Waals surface area contributed by atoms with Gasteiger partial charge in [-0.05, 0) is 36.2 Å². The fraction of sp³-hybridized carbons (Fsp3) is 0.263. The van der Waals surface area contributed by atoms with Crippen molar-refractivity contribution >= 4 is 39.1 Å². The van der Waals surface area contributed by atoms with Crippen LogP contribution in [0.3, 0.4) is 0 Å². The second-order valence-electron chi connectivity index (χ2n) is 6.25. The molecule has 122 valence electrons. The number of carbonyl (C=O) groups is 2. The van der Waals surface area contributed by atoms with Gasteiger partial charge in [0, 0.05) is 35.4 Å². The zero-order valence-corrected chi connectivity index (χ0v) is 14.7. The van der Waals surface area contributed by atoms with Crippen LogP contribution in [0.5, 0.6) is 0 Å². The first-order valence-corrected chi connectivity index (χ1v) is 8.88. The highest BCUT2D eigenvalue weighted by Crippen LogP contribution is 2.32. The summed E-state index contributed by atoms with van der Waals surface area (Å²) >= 11 is 3.43. The molecule has 2 aromatic rings. The summed E-state index contributed by atoms with van der Waals surface area (Å²) in [7, 11) is 0. The second-order valence-corrected chi connectivity index (χ2v) is 7.17. The van der Waals surface area contributed by atoms with Crippen molar-refractivity contribution in [1.29, 1.82) is 0 Å². The van der Waals surface area contributed by atoms with E-state index in [-0.39, 0.29) is 24.2 Å². The van der Waals surface area contributed by atoms with E-state index in [0.29, 0.717) is 13.1 Å². The summed E-state index contributed by atoms with van der Waals surface area (Å²) in [6.45, 7) is 1.16. The molecule has 2 amide bonds. The molecule has 0 N–H and O–H groups in total. The van der Waals surface area contributed by atoms with E-state index in [1.807, 2.05) is 47.4 Å². The van der Waals surface area contributed by atoms with Gasteiger partial charge >= 0.3 is 0 Å². The van der Waals surface area contributed by atoms with Crippen molar-refractivity contribution in [2.24, 2.45) is 5.92 Å². The number of hydrogen-bond donors (Lipinski definition) is 0. The van der Waals surface area contributed by atoms with Gasteiger partial charge in [-0.2, -0.15) is 0 Å². The van der Waals surface area contributed by atoms with Crippen LogP contribution in [0, 0.1) is 5.92 Å². The van der Waals surface area contributed by atoms with Gasteiger partial charge in [-0.25, -0.2) is 0 Å². The van der Waals surface area contributed by atoms with Crippen molar-refractivity contribution in [2.45, 2.75) is 12.8 Å². The molecule has 2 heterocycles. The van der Waals surface area contributed by atoms with E-state index in [2.05, 4.69) is 22.0 Å². The van der Waals surface area contributed by atoms with Gasteiger partial charge in [-0.15, -0.1) is 0 Å². The molecule has 2 aliphatic rings. The maximum Gasteiger partial charge on any atom is 0.232 e. The predicted octanol–water partition coefficient (Wildman–Crippen LogP) is 3.39. The molecule has 24 heavy (non-hydrogen) atoms. The van der Waals surface area contributed by atoms with Crippen LogP contribution >= 0.6 is 15.9 Å². The first-order valence-electron chi connectivity index (χ1n) is 8.09. The Bertz CT molecular complexity index is 821. The topological polar surface area (TPSA) is 40.6 Å². The third kappa shape index (κ3) is 2.63. The molecule has 5 heteroatoms. The molecule has 1 unspecified atom stereocenters. The van der Waals surface area contributed by atoms with Gasteiger partial charge in [0.2, 0.25) is 11.8 Å². The molecule has 0 aromatic heterocycles. The van der Waals surface area contributed by atoms with Gasteiger partial charge < -0.3 is 9.80 Å². The summed E-state index contributed by atoms with van der Waals surface area (Å²) in [5.41, 5.74) is 3.04. The highest BCUT2D eigenvalue weighted by atomic mass is 79.9. The smallest absolute Gasteiger partial charge is 0.232 e. The molecule has 2 aliphatic heterocycles. The maximum atomic E-state index is 12.9. The van der Waals surface area contributed by atoms with Crippen molar-refractivity contribution in [3.63, 3.8) is 0 Å². The number of rotatable bonds is 2. The Morgan fingerprint density at radius 2 is 1.96 bits per heavy atom. The Labute approximate surface area is 149 Å². The molecule has 2 aromatic carbocycles. The van der Waals surface area contributed by atoms with E-state index >= 15 is 0 Å². The number of nitrogens with zero attached hydrogens (tertiary/aromatic N) is 2. The number of para-hydroxylation sites is 1. The van der Waals surface area contributed by atoms with Crippen LogP contribution in [0.15, 0.2) is 53.0 Å². The SMILES string of the molecule is O=C1CC(C(=O)N2CCc3ccccc32)CN1c1cccc(Br)c1. The largest absolute Gasteiger partial charge is 0.312 e. The first kappa shape index (κ1) is 15.4. The average Bonchev–Trinajstić information content (AvgIpc) is 3.18. The molecule has 4 rings (SSSR count). The van der Waals surface area contributed by atoms with Gasteiger partial charge in [0.05, 0.1) is 5.92 Å². The molecular formula is C19H17BrN2O2. The van der Waals surface area contributed by atoms with Crippen molar-refractivity contribution < 1.29 is 9.59 Å². The highest BCUT2D eigenvalue weighted by Gasteiger charge is 2.39. The Morgan fingerprint density at radius 1 is 1.12 bits per heavy atom. The Balaban J connectivity index is 1.54. The molecule has 0 spiro atoms. The van der Waals surface area contributed by atoms with E-state index in [0.717, 1.165) is 22.3 Å². The summed E-state index contributed by atoms with van der Waals surface area (Å²) in [6, 6.07) is 15.7. The quantitative estimate of drug-likeness (QED) is 0.795. The monoisotopic (exact) mass is 384 g/mol. The van der Waals surface area contributed by atoms with Crippen molar-refractivity contribution in [3.05, 3.63) is 58.6 Å². The molecule has 0 aliphatic carbocycles.